The van der Waals surface area contributed by atoms with Crippen LogP contribution in [0, 0.1) is 0 Å². The second kappa shape index (κ2) is 5.44. The van der Waals surface area contributed by atoms with E-state index in [1.165, 1.54) is 43.6 Å². The summed E-state index contributed by atoms with van der Waals surface area (Å²) in [6.45, 7) is 6.86. The number of methoxy groups -OCH3 is 1. The van der Waals surface area contributed by atoms with Crippen LogP contribution >= 0.6 is 0 Å². The predicted octanol–water partition coefficient (Wildman–Crippen LogP) is 3.81. The molecule has 1 heterocycles. The number of hydrogen-bond donors (Lipinski definition) is 0. The van der Waals surface area contributed by atoms with Crippen molar-refractivity contribution in [2.75, 3.05) is 25.1 Å². The van der Waals surface area contributed by atoms with Gasteiger partial charge in [-0.25, -0.2) is 0 Å². The summed E-state index contributed by atoms with van der Waals surface area (Å²) < 4.78 is 5.34. The number of nitrogens with zero attached hydrogens (tertiary/aromatic N) is 1. The van der Waals surface area contributed by atoms with Crippen molar-refractivity contribution < 1.29 is 4.74 Å². The van der Waals surface area contributed by atoms with E-state index >= 15 is 0 Å². The quantitative estimate of drug-likeness (QED) is 0.767. The highest BCUT2D eigenvalue weighted by Gasteiger charge is 2.27. The molecule has 94 valence electrons. The maximum atomic E-state index is 5.34. The lowest BCUT2D eigenvalue weighted by molar-refractivity contribution is 0.414. The molecule has 1 aromatic rings. The number of ether oxygens (including phenoxy) is 1. The molecule has 1 aliphatic rings. The molecule has 17 heavy (non-hydrogen) atoms. The summed E-state index contributed by atoms with van der Waals surface area (Å²) in [5.74, 6) is 1.68. The third-order valence-electron chi connectivity index (χ3n) is 3.59. The lowest BCUT2D eigenvalue weighted by Crippen LogP contribution is -2.22. The zero-order valence-corrected chi connectivity index (χ0v) is 11.2. The molecule has 2 nitrogen and oxygen atoms in total. The van der Waals surface area contributed by atoms with Gasteiger partial charge in [0.15, 0.2) is 0 Å². The van der Waals surface area contributed by atoms with Gasteiger partial charge >= 0.3 is 0 Å². The maximum absolute atomic E-state index is 5.34. The Bertz CT molecular complexity index is 375. The molecule has 1 aliphatic heterocycles. The summed E-state index contributed by atoms with van der Waals surface area (Å²) in [5.41, 5.74) is 2.91. The topological polar surface area (TPSA) is 12.5 Å². The molecule has 0 amide bonds. The van der Waals surface area contributed by atoms with Crippen LogP contribution in [0.1, 0.15) is 44.6 Å². The van der Waals surface area contributed by atoms with E-state index in [0.717, 1.165) is 5.75 Å². The van der Waals surface area contributed by atoms with Gasteiger partial charge in [-0.15, -0.1) is 0 Å². The summed E-state index contributed by atoms with van der Waals surface area (Å²) in [4.78, 5) is 2.52. The molecule has 0 spiro atoms. The van der Waals surface area contributed by atoms with Gasteiger partial charge in [0.25, 0.3) is 0 Å². The monoisotopic (exact) mass is 233 g/mol. The van der Waals surface area contributed by atoms with Crippen molar-refractivity contribution in [1.29, 1.82) is 0 Å². The number of anilines is 1. The molecular formula is C15H23NO. The fourth-order valence-electron chi connectivity index (χ4n) is 2.81. The number of hydrogen-bond acceptors (Lipinski definition) is 2. The van der Waals surface area contributed by atoms with Crippen LogP contribution in [0.3, 0.4) is 0 Å². The zero-order chi connectivity index (χ0) is 12.3. The molecule has 2 heteroatoms. The first kappa shape index (κ1) is 12.3. The van der Waals surface area contributed by atoms with Crippen LogP contribution in [0.5, 0.6) is 5.75 Å². The van der Waals surface area contributed by atoms with Gasteiger partial charge in [-0.05, 0) is 36.6 Å². The number of benzene rings is 1. The van der Waals surface area contributed by atoms with Gasteiger partial charge in [-0.3, -0.25) is 0 Å². The summed E-state index contributed by atoms with van der Waals surface area (Å²) in [6, 6.07) is 6.53. The van der Waals surface area contributed by atoms with Crippen LogP contribution in [0.25, 0.3) is 0 Å². The molecule has 0 radical (unpaired) electrons. The average Bonchev–Trinajstić information content (AvgIpc) is 2.68. The summed E-state index contributed by atoms with van der Waals surface area (Å²) in [5, 5.41) is 0. The van der Waals surface area contributed by atoms with E-state index in [2.05, 4.69) is 36.9 Å². The normalized spacial score (nSPS) is 18.3. The Morgan fingerprint density at radius 2 is 2.12 bits per heavy atom. The molecule has 0 aromatic heterocycles. The Balaban J connectivity index is 2.29. The summed E-state index contributed by atoms with van der Waals surface area (Å²) in [7, 11) is 1.75. The molecule has 0 aliphatic carbocycles. The first-order valence-electron chi connectivity index (χ1n) is 6.73. The highest BCUT2D eigenvalue weighted by atomic mass is 16.5. The van der Waals surface area contributed by atoms with E-state index in [0.29, 0.717) is 5.92 Å². The number of fused-ring (bicyclic) bond motifs is 1. The number of rotatable bonds is 5. The van der Waals surface area contributed by atoms with E-state index in [9.17, 15) is 0 Å². The maximum Gasteiger partial charge on any atom is 0.119 e. The highest BCUT2D eigenvalue weighted by molar-refractivity contribution is 5.62. The zero-order valence-electron chi connectivity index (χ0n) is 11.2. The molecule has 0 N–H and O–H groups in total. The lowest BCUT2D eigenvalue weighted by Gasteiger charge is -2.18. The van der Waals surface area contributed by atoms with Gasteiger partial charge in [0.2, 0.25) is 0 Å². The van der Waals surface area contributed by atoms with Crippen LogP contribution in [-0.4, -0.2) is 20.2 Å². The van der Waals surface area contributed by atoms with Gasteiger partial charge < -0.3 is 9.64 Å². The fourth-order valence-corrected chi connectivity index (χ4v) is 2.81. The SMILES string of the molecule is CCCC1CN(CCC)c2ccc(OC)cc21. The van der Waals surface area contributed by atoms with Gasteiger partial charge in [-0.1, -0.05) is 20.3 Å². The van der Waals surface area contributed by atoms with Crippen molar-refractivity contribution in [3.63, 3.8) is 0 Å². The van der Waals surface area contributed by atoms with Gasteiger partial charge in [0.05, 0.1) is 7.11 Å². The van der Waals surface area contributed by atoms with Crippen molar-refractivity contribution in [1.82, 2.24) is 0 Å². The molecule has 0 saturated heterocycles. The first-order chi connectivity index (χ1) is 8.30. The van der Waals surface area contributed by atoms with E-state index in [4.69, 9.17) is 4.74 Å². The second-order valence-electron chi connectivity index (χ2n) is 4.86. The molecule has 0 bridgehead atoms. The van der Waals surface area contributed by atoms with Crippen molar-refractivity contribution in [3.05, 3.63) is 23.8 Å². The van der Waals surface area contributed by atoms with Crippen molar-refractivity contribution in [2.24, 2.45) is 0 Å². The minimum absolute atomic E-state index is 0.691. The predicted molar refractivity (Wildman–Crippen MR) is 73.1 cm³/mol. The Hall–Kier alpha value is -1.18. The van der Waals surface area contributed by atoms with Crippen molar-refractivity contribution >= 4 is 5.69 Å². The Kier molecular flexibility index (Phi) is 3.93. The molecule has 1 aromatic carbocycles. The minimum Gasteiger partial charge on any atom is -0.497 e. The molecule has 1 unspecified atom stereocenters. The molecule has 0 fully saturated rings. The molecule has 1 atom stereocenters. The van der Waals surface area contributed by atoms with Gasteiger partial charge in [0, 0.05) is 24.7 Å². The molecule has 0 saturated carbocycles. The first-order valence-corrected chi connectivity index (χ1v) is 6.73. The highest BCUT2D eigenvalue weighted by Crippen LogP contribution is 2.40. The average molecular weight is 233 g/mol. The van der Waals surface area contributed by atoms with Crippen molar-refractivity contribution in [3.8, 4) is 5.75 Å². The standard InChI is InChI=1S/C15H23NO/c1-4-6-12-11-16(9-5-2)15-8-7-13(17-3)10-14(12)15/h7-8,10,12H,4-6,9,11H2,1-3H3. The molecule has 2 rings (SSSR count). The minimum atomic E-state index is 0.691. The van der Waals surface area contributed by atoms with E-state index in [-0.39, 0.29) is 0 Å². The summed E-state index contributed by atoms with van der Waals surface area (Å²) >= 11 is 0. The Morgan fingerprint density at radius 1 is 1.29 bits per heavy atom. The van der Waals surface area contributed by atoms with Crippen LogP contribution in [-0.2, 0) is 0 Å². The fraction of sp³-hybridized carbons (Fsp3) is 0.600. The smallest absolute Gasteiger partial charge is 0.119 e. The van der Waals surface area contributed by atoms with Crippen LogP contribution < -0.4 is 9.64 Å². The third-order valence-corrected chi connectivity index (χ3v) is 3.59. The Morgan fingerprint density at radius 3 is 2.76 bits per heavy atom. The third kappa shape index (κ3) is 2.41. The van der Waals surface area contributed by atoms with Crippen LogP contribution in [0.2, 0.25) is 0 Å². The molecular weight excluding hydrogens is 210 g/mol. The summed E-state index contributed by atoms with van der Waals surface area (Å²) in [6.07, 6.45) is 3.74. The van der Waals surface area contributed by atoms with Crippen LogP contribution in [0.4, 0.5) is 5.69 Å². The van der Waals surface area contributed by atoms with E-state index in [1.54, 1.807) is 7.11 Å². The van der Waals surface area contributed by atoms with Crippen molar-refractivity contribution in [2.45, 2.75) is 39.0 Å². The van der Waals surface area contributed by atoms with E-state index < -0.39 is 0 Å². The van der Waals surface area contributed by atoms with Gasteiger partial charge in [-0.2, -0.15) is 0 Å². The van der Waals surface area contributed by atoms with E-state index in [1.807, 2.05) is 0 Å². The second-order valence-corrected chi connectivity index (χ2v) is 4.86. The van der Waals surface area contributed by atoms with Gasteiger partial charge in [0.1, 0.15) is 5.75 Å². The van der Waals surface area contributed by atoms with Crippen LogP contribution in [0.15, 0.2) is 18.2 Å². The largest absolute Gasteiger partial charge is 0.497 e. The Labute approximate surface area is 105 Å². The lowest BCUT2D eigenvalue weighted by atomic mass is 9.96.